The molecule has 0 saturated heterocycles. The lowest BCUT2D eigenvalue weighted by Gasteiger charge is -2.34. The van der Waals surface area contributed by atoms with Crippen LogP contribution in [0.5, 0.6) is 0 Å². The van der Waals surface area contributed by atoms with Crippen molar-refractivity contribution >= 4 is 11.8 Å². The molecule has 0 saturated carbocycles. The van der Waals surface area contributed by atoms with Crippen molar-refractivity contribution < 1.29 is 32.7 Å². The summed E-state index contributed by atoms with van der Waals surface area (Å²) in [5, 5.41) is 11.0. The number of methoxy groups -OCH3 is 1. The highest BCUT2D eigenvalue weighted by atomic mass is 19.3. The molecule has 1 heterocycles. The fraction of sp³-hybridized carbons (Fsp3) is 0.238. The first-order chi connectivity index (χ1) is 14.3. The first kappa shape index (κ1) is 22.6. The van der Waals surface area contributed by atoms with E-state index in [1.165, 1.54) is 42.3 Å². The molecule has 1 unspecified atom stereocenters. The van der Waals surface area contributed by atoms with Crippen LogP contribution in [0.2, 0.25) is 0 Å². The van der Waals surface area contributed by atoms with Gasteiger partial charge in [0.2, 0.25) is 0 Å². The molecule has 0 aliphatic carbocycles. The smallest absolute Gasteiger partial charge is 0.269 e. The number of amides is 2. The van der Waals surface area contributed by atoms with Crippen molar-refractivity contribution in [3.05, 3.63) is 59.5 Å². The number of alkyl halides is 2. The first-order valence-electron chi connectivity index (χ1n) is 8.54. The summed E-state index contributed by atoms with van der Waals surface area (Å²) in [7, 11) is 0.971. The number of halogens is 2. The average Bonchev–Trinajstić information content (AvgIpc) is 3.27. The third-order valence-corrected chi connectivity index (χ3v) is 4.24. The second-order valence-corrected chi connectivity index (χ2v) is 6.16. The lowest BCUT2D eigenvalue weighted by atomic mass is 9.95. The minimum atomic E-state index is -3.12. The Hall–Kier alpha value is -3.66. The van der Waals surface area contributed by atoms with Gasteiger partial charge >= 0.3 is 0 Å². The number of nitrogens with one attached hydrogen (secondary N) is 2. The van der Waals surface area contributed by atoms with E-state index in [9.17, 15) is 18.4 Å². The number of hydrogen-bond donors (Lipinski definition) is 3. The molecule has 0 radical (unpaired) electrons. The van der Waals surface area contributed by atoms with Gasteiger partial charge < -0.3 is 14.5 Å². The predicted molar refractivity (Wildman–Crippen MR) is 102 cm³/mol. The van der Waals surface area contributed by atoms with E-state index in [-0.39, 0.29) is 5.56 Å². The summed E-state index contributed by atoms with van der Waals surface area (Å²) in [6.45, 7) is 0.946. The molecule has 0 aliphatic rings. The standard InChI is InChI=1S/C21H18F2N2O5/c1-21(29-2,20(22)23)17(19(27)25-28)24-18(26)16-9-7-14(8-10-16)5-3-4-6-15-11-12-30-13-15/h7-13,17,20,28H,1-2H3,(H,24,26)(H,25,27)/t17-,21?/m1/s1. The minimum absolute atomic E-state index is 0.0912. The highest BCUT2D eigenvalue weighted by Gasteiger charge is 2.48. The van der Waals surface area contributed by atoms with Gasteiger partial charge in [-0.2, -0.15) is 0 Å². The van der Waals surface area contributed by atoms with Crippen LogP contribution in [0.1, 0.15) is 28.4 Å². The van der Waals surface area contributed by atoms with Gasteiger partial charge in [-0.25, -0.2) is 14.3 Å². The SMILES string of the molecule is COC(C)(C(F)F)[C@H](NC(=O)c1ccc(C#CC#Cc2ccoc2)cc1)C(=O)NO. The summed E-state index contributed by atoms with van der Waals surface area (Å²) >= 11 is 0. The maximum absolute atomic E-state index is 13.4. The molecule has 2 rings (SSSR count). The van der Waals surface area contributed by atoms with Crippen molar-refractivity contribution in [1.82, 2.24) is 10.8 Å². The fourth-order valence-corrected chi connectivity index (χ4v) is 2.33. The highest BCUT2D eigenvalue weighted by molar-refractivity contribution is 5.97. The quantitative estimate of drug-likeness (QED) is 0.380. The van der Waals surface area contributed by atoms with Crippen molar-refractivity contribution in [2.75, 3.05) is 7.11 Å². The molecule has 0 aliphatic heterocycles. The lowest BCUT2D eigenvalue weighted by Crippen LogP contribution is -2.62. The van der Waals surface area contributed by atoms with Crippen molar-refractivity contribution in [2.45, 2.75) is 25.0 Å². The van der Waals surface area contributed by atoms with Crippen LogP contribution in [0.3, 0.4) is 0 Å². The number of benzene rings is 1. The molecule has 1 aromatic heterocycles. The third kappa shape index (κ3) is 5.45. The second-order valence-electron chi connectivity index (χ2n) is 6.16. The number of hydroxylamine groups is 1. The molecule has 7 nitrogen and oxygen atoms in total. The molecule has 1 aromatic carbocycles. The summed E-state index contributed by atoms with van der Waals surface area (Å²) in [6.07, 6.45) is -0.146. The summed E-state index contributed by atoms with van der Waals surface area (Å²) < 4.78 is 36.4. The van der Waals surface area contributed by atoms with Crippen LogP contribution in [0.4, 0.5) is 8.78 Å². The Morgan fingerprint density at radius 2 is 1.77 bits per heavy atom. The van der Waals surface area contributed by atoms with Gasteiger partial charge in [0.15, 0.2) is 5.60 Å². The molecule has 3 N–H and O–H groups in total. The Labute approximate surface area is 171 Å². The molecule has 156 valence electrons. The van der Waals surface area contributed by atoms with Gasteiger partial charge in [0.1, 0.15) is 12.3 Å². The van der Waals surface area contributed by atoms with E-state index in [1.54, 1.807) is 6.07 Å². The molecule has 2 aromatic rings. The maximum atomic E-state index is 13.4. The fourth-order valence-electron chi connectivity index (χ4n) is 2.33. The molecule has 9 heteroatoms. The van der Waals surface area contributed by atoms with E-state index < -0.39 is 29.9 Å². The van der Waals surface area contributed by atoms with Gasteiger partial charge in [-0.05, 0) is 55.0 Å². The normalized spacial score (nSPS) is 13.1. The van der Waals surface area contributed by atoms with E-state index in [1.807, 2.05) is 0 Å². The van der Waals surface area contributed by atoms with Gasteiger partial charge in [0.05, 0.1) is 11.8 Å². The van der Waals surface area contributed by atoms with Crippen molar-refractivity contribution in [3.8, 4) is 23.7 Å². The van der Waals surface area contributed by atoms with Crippen LogP contribution in [0.15, 0.2) is 47.3 Å². The van der Waals surface area contributed by atoms with Gasteiger partial charge in [-0.1, -0.05) is 5.92 Å². The monoisotopic (exact) mass is 416 g/mol. The molecular formula is C21H18F2N2O5. The van der Waals surface area contributed by atoms with Gasteiger partial charge in [0, 0.05) is 18.2 Å². The number of ether oxygens (including phenoxy) is 1. The van der Waals surface area contributed by atoms with Crippen LogP contribution in [0.25, 0.3) is 0 Å². The van der Waals surface area contributed by atoms with Gasteiger partial charge in [-0.15, -0.1) is 0 Å². The molecular weight excluding hydrogens is 398 g/mol. The molecule has 30 heavy (non-hydrogen) atoms. The van der Waals surface area contributed by atoms with Crippen LogP contribution in [0, 0.1) is 23.7 Å². The molecule has 0 fully saturated rings. The second kappa shape index (κ2) is 10.2. The first-order valence-corrected chi connectivity index (χ1v) is 8.54. The van der Waals surface area contributed by atoms with Crippen molar-refractivity contribution in [3.63, 3.8) is 0 Å². The highest BCUT2D eigenvalue weighted by Crippen LogP contribution is 2.24. The Bertz CT molecular complexity index is 998. The van der Waals surface area contributed by atoms with Crippen LogP contribution in [-0.4, -0.2) is 42.2 Å². The molecule has 2 amide bonds. The zero-order valence-electron chi connectivity index (χ0n) is 16.0. The molecule has 0 bridgehead atoms. The Morgan fingerprint density at radius 1 is 1.13 bits per heavy atom. The maximum Gasteiger partial charge on any atom is 0.269 e. The number of hydrogen-bond acceptors (Lipinski definition) is 5. The van der Waals surface area contributed by atoms with E-state index in [0.29, 0.717) is 11.1 Å². The van der Waals surface area contributed by atoms with Crippen LogP contribution in [-0.2, 0) is 9.53 Å². The zero-order chi connectivity index (χ0) is 22.1. The number of furan rings is 1. The zero-order valence-corrected chi connectivity index (χ0v) is 16.0. The van der Waals surface area contributed by atoms with Crippen molar-refractivity contribution in [1.29, 1.82) is 0 Å². The van der Waals surface area contributed by atoms with Crippen LogP contribution >= 0.6 is 0 Å². The van der Waals surface area contributed by atoms with E-state index in [0.717, 1.165) is 14.0 Å². The predicted octanol–water partition coefficient (Wildman–Crippen LogP) is 1.96. The number of carbonyl (C=O) groups excluding carboxylic acids is 2. The summed E-state index contributed by atoms with van der Waals surface area (Å²) in [5.41, 5.74) is 0.239. The molecule has 2 atom stereocenters. The summed E-state index contributed by atoms with van der Waals surface area (Å²) in [4.78, 5) is 24.3. The van der Waals surface area contributed by atoms with Gasteiger partial charge in [0.25, 0.3) is 18.2 Å². The lowest BCUT2D eigenvalue weighted by molar-refractivity contribution is -0.157. The largest absolute Gasteiger partial charge is 0.471 e. The topological polar surface area (TPSA) is 101 Å². The van der Waals surface area contributed by atoms with E-state index in [2.05, 4.69) is 29.0 Å². The Morgan fingerprint density at radius 3 is 2.27 bits per heavy atom. The summed E-state index contributed by atoms with van der Waals surface area (Å²) in [6, 6.07) is 5.72. The number of rotatable bonds is 6. The average molecular weight is 416 g/mol. The van der Waals surface area contributed by atoms with E-state index in [4.69, 9.17) is 14.4 Å². The summed E-state index contributed by atoms with van der Waals surface area (Å²) in [5.74, 6) is 8.81. The Balaban J connectivity index is 2.13. The van der Waals surface area contributed by atoms with E-state index >= 15 is 0 Å². The Kier molecular flexibility index (Phi) is 7.70. The third-order valence-electron chi connectivity index (χ3n) is 4.24. The number of carbonyl (C=O) groups is 2. The van der Waals surface area contributed by atoms with Crippen molar-refractivity contribution in [2.24, 2.45) is 0 Å². The van der Waals surface area contributed by atoms with Crippen LogP contribution < -0.4 is 10.8 Å². The molecule has 0 spiro atoms. The van der Waals surface area contributed by atoms with Gasteiger partial charge in [-0.3, -0.25) is 14.8 Å². The minimum Gasteiger partial charge on any atom is -0.471 e.